The summed E-state index contributed by atoms with van der Waals surface area (Å²) in [7, 11) is 0. The van der Waals surface area contributed by atoms with Gasteiger partial charge < -0.3 is 0 Å². The van der Waals surface area contributed by atoms with E-state index in [-0.39, 0.29) is 17.9 Å². The van der Waals surface area contributed by atoms with E-state index in [1.807, 2.05) is 19.1 Å². The SMILES string of the molecule is C=C1CC1C(=O)NO[C@@H](C)c1ccncc1. The third kappa shape index (κ3) is 2.46. The van der Waals surface area contributed by atoms with Crippen molar-refractivity contribution in [2.24, 2.45) is 5.92 Å². The molecule has 1 saturated carbocycles. The van der Waals surface area contributed by atoms with Gasteiger partial charge in [0, 0.05) is 12.4 Å². The summed E-state index contributed by atoms with van der Waals surface area (Å²) in [6.07, 6.45) is 3.98. The number of carbonyl (C=O) groups excluding carboxylic acids is 1. The van der Waals surface area contributed by atoms with Crippen LogP contribution in [0.15, 0.2) is 36.7 Å². The number of hydrogen-bond acceptors (Lipinski definition) is 3. The lowest BCUT2D eigenvalue weighted by molar-refractivity contribution is -0.138. The van der Waals surface area contributed by atoms with Crippen LogP contribution in [0.5, 0.6) is 0 Å². The van der Waals surface area contributed by atoms with Crippen molar-refractivity contribution in [3.8, 4) is 0 Å². The predicted octanol–water partition coefficient (Wildman–Crippen LogP) is 1.77. The van der Waals surface area contributed by atoms with Gasteiger partial charge in [0.1, 0.15) is 6.10 Å². The van der Waals surface area contributed by atoms with Gasteiger partial charge in [0.05, 0.1) is 5.92 Å². The van der Waals surface area contributed by atoms with Crippen LogP contribution in [0.1, 0.15) is 25.0 Å². The van der Waals surface area contributed by atoms with Crippen molar-refractivity contribution in [2.75, 3.05) is 0 Å². The summed E-state index contributed by atoms with van der Waals surface area (Å²) in [5, 5.41) is 0. The first-order valence-corrected chi connectivity index (χ1v) is 5.21. The van der Waals surface area contributed by atoms with Crippen molar-refractivity contribution < 1.29 is 9.63 Å². The lowest BCUT2D eigenvalue weighted by atomic mass is 10.2. The summed E-state index contributed by atoms with van der Waals surface area (Å²) in [4.78, 5) is 20.6. The highest BCUT2D eigenvalue weighted by Gasteiger charge is 2.35. The monoisotopic (exact) mass is 218 g/mol. The first kappa shape index (κ1) is 10.8. The van der Waals surface area contributed by atoms with Crippen LogP contribution in [-0.2, 0) is 9.63 Å². The number of aromatic nitrogens is 1. The molecule has 1 aliphatic rings. The van der Waals surface area contributed by atoms with E-state index in [1.165, 1.54) is 0 Å². The molecule has 1 amide bonds. The smallest absolute Gasteiger partial charge is 0.251 e. The number of nitrogens with zero attached hydrogens (tertiary/aromatic N) is 1. The van der Waals surface area contributed by atoms with Gasteiger partial charge in [-0.25, -0.2) is 5.48 Å². The zero-order valence-corrected chi connectivity index (χ0v) is 9.14. The van der Waals surface area contributed by atoms with Crippen LogP contribution in [0.3, 0.4) is 0 Å². The van der Waals surface area contributed by atoms with E-state index in [1.54, 1.807) is 12.4 Å². The number of rotatable bonds is 4. The summed E-state index contributed by atoms with van der Waals surface area (Å²) in [6.45, 7) is 5.60. The minimum absolute atomic E-state index is 0.0513. The fourth-order valence-corrected chi connectivity index (χ4v) is 1.40. The number of pyridine rings is 1. The first-order chi connectivity index (χ1) is 7.68. The molecule has 1 aliphatic carbocycles. The van der Waals surface area contributed by atoms with E-state index >= 15 is 0 Å². The summed E-state index contributed by atoms with van der Waals surface area (Å²) in [6, 6.07) is 3.71. The van der Waals surface area contributed by atoms with Gasteiger partial charge >= 0.3 is 0 Å². The molecule has 1 heterocycles. The fourth-order valence-electron chi connectivity index (χ4n) is 1.40. The fraction of sp³-hybridized carbons (Fsp3) is 0.333. The van der Waals surface area contributed by atoms with Crippen LogP contribution < -0.4 is 5.48 Å². The van der Waals surface area contributed by atoms with Crippen LogP contribution in [-0.4, -0.2) is 10.9 Å². The lowest BCUT2D eigenvalue weighted by Crippen LogP contribution is -2.26. The zero-order valence-electron chi connectivity index (χ0n) is 9.14. The Balaban J connectivity index is 1.82. The van der Waals surface area contributed by atoms with Crippen molar-refractivity contribution in [3.63, 3.8) is 0 Å². The maximum absolute atomic E-state index is 11.4. The second kappa shape index (κ2) is 4.45. The molecule has 1 N–H and O–H groups in total. The van der Waals surface area contributed by atoms with Gasteiger partial charge in [-0.15, -0.1) is 0 Å². The molecule has 0 bridgehead atoms. The third-order valence-corrected chi connectivity index (χ3v) is 2.63. The van der Waals surface area contributed by atoms with Gasteiger partial charge in [0.2, 0.25) is 0 Å². The predicted molar refractivity (Wildman–Crippen MR) is 59.1 cm³/mol. The molecule has 0 spiro atoms. The Labute approximate surface area is 94.3 Å². The lowest BCUT2D eigenvalue weighted by Gasteiger charge is -2.12. The van der Waals surface area contributed by atoms with E-state index in [0.717, 1.165) is 17.6 Å². The van der Waals surface area contributed by atoms with Crippen LogP contribution >= 0.6 is 0 Å². The van der Waals surface area contributed by atoms with Crippen LogP contribution in [0.25, 0.3) is 0 Å². The van der Waals surface area contributed by atoms with Crippen molar-refractivity contribution in [3.05, 3.63) is 42.2 Å². The number of hydrogen-bond donors (Lipinski definition) is 1. The quantitative estimate of drug-likeness (QED) is 0.619. The van der Waals surface area contributed by atoms with E-state index in [4.69, 9.17) is 4.84 Å². The second-order valence-electron chi connectivity index (χ2n) is 3.92. The standard InChI is InChI=1S/C12H14N2O2/c1-8-7-11(8)12(15)14-16-9(2)10-3-5-13-6-4-10/h3-6,9,11H,1,7H2,2H3,(H,14,15)/t9-,11?/m0/s1. The molecule has 1 aromatic heterocycles. The molecule has 4 heteroatoms. The minimum Gasteiger partial charge on any atom is -0.272 e. The molecule has 0 aliphatic heterocycles. The number of nitrogens with one attached hydrogen (secondary N) is 1. The molecule has 16 heavy (non-hydrogen) atoms. The number of carbonyl (C=O) groups is 1. The molecular formula is C12H14N2O2. The zero-order chi connectivity index (χ0) is 11.5. The van der Waals surface area contributed by atoms with Gasteiger partial charge in [-0.3, -0.25) is 14.6 Å². The molecule has 1 fully saturated rings. The Morgan fingerprint density at radius 1 is 1.62 bits per heavy atom. The molecule has 0 radical (unpaired) electrons. The molecule has 2 rings (SSSR count). The van der Waals surface area contributed by atoms with Gasteiger partial charge in [-0.05, 0) is 31.0 Å². The second-order valence-corrected chi connectivity index (χ2v) is 3.92. The van der Waals surface area contributed by atoms with E-state index in [0.29, 0.717) is 0 Å². The first-order valence-electron chi connectivity index (χ1n) is 5.21. The van der Waals surface area contributed by atoms with Crippen molar-refractivity contribution in [1.29, 1.82) is 0 Å². The van der Waals surface area contributed by atoms with Crippen LogP contribution in [0.2, 0.25) is 0 Å². The van der Waals surface area contributed by atoms with Crippen molar-refractivity contribution in [2.45, 2.75) is 19.4 Å². The summed E-state index contributed by atoms with van der Waals surface area (Å²) >= 11 is 0. The van der Waals surface area contributed by atoms with E-state index < -0.39 is 0 Å². The summed E-state index contributed by atoms with van der Waals surface area (Å²) in [5.41, 5.74) is 4.40. The highest BCUT2D eigenvalue weighted by Crippen LogP contribution is 2.35. The highest BCUT2D eigenvalue weighted by molar-refractivity contribution is 5.84. The molecule has 0 saturated heterocycles. The molecule has 0 aromatic carbocycles. The Morgan fingerprint density at radius 2 is 2.25 bits per heavy atom. The molecule has 2 atom stereocenters. The van der Waals surface area contributed by atoms with Crippen LogP contribution in [0.4, 0.5) is 0 Å². The van der Waals surface area contributed by atoms with Gasteiger partial charge in [0.15, 0.2) is 0 Å². The normalized spacial score (nSPS) is 20.3. The Morgan fingerprint density at radius 3 is 2.81 bits per heavy atom. The van der Waals surface area contributed by atoms with Gasteiger partial charge in [-0.2, -0.15) is 0 Å². The number of amides is 1. The largest absolute Gasteiger partial charge is 0.272 e. The van der Waals surface area contributed by atoms with Crippen molar-refractivity contribution >= 4 is 5.91 Å². The maximum atomic E-state index is 11.4. The molecule has 4 nitrogen and oxygen atoms in total. The molecule has 84 valence electrons. The number of hydroxylamine groups is 1. The maximum Gasteiger partial charge on any atom is 0.251 e. The topological polar surface area (TPSA) is 51.2 Å². The van der Waals surface area contributed by atoms with Gasteiger partial charge in [-0.1, -0.05) is 12.2 Å². The van der Waals surface area contributed by atoms with Crippen molar-refractivity contribution in [1.82, 2.24) is 10.5 Å². The minimum atomic E-state index is -0.182. The average molecular weight is 218 g/mol. The van der Waals surface area contributed by atoms with E-state index in [9.17, 15) is 4.79 Å². The summed E-state index contributed by atoms with van der Waals surface area (Å²) in [5.74, 6) is -0.157. The summed E-state index contributed by atoms with van der Waals surface area (Å²) < 4.78 is 0. The molecule has 1 aromatic rings. The Hall–Kier alpha value is -1.68. The highest BCUT2D eigenvalue weighted by atomic mass is 16.7. The Kier molecular flexibility index (Phi) is 3.01. The average Bonchev–Trinajstić information content (AvgIpc) is 3.04. The van der Waals surface area contributed by atoms with Crippen LogP contribution in [0, 0.1) is 5.92 Å². The Bertz CT molecular complexity index is 403. The third-order valence-electron chi connectivity index (χ3n) is 2.63. The molecule has 1 unspecified atom stereocenters. The van der Waals surface area contributed by atoms with Gasteiger partial charge in [0.25, 0.3) is 5.91 Å². The molecular weight excluding hydrogens is 204 g/mol. The van der Waals surface area contributed by atoms with E-state index in [2.05, 4.69) is 17.0 Å².